The van der Waals surface area contributed by atoms with Crippen LogP contribution in [0.1, 0.15) is 32.1 Å². The Balaban J connectivity index is 1.81. The molecule has 0 radical (unpaired) electrons. The van der Waals surface area contributed by atoms with Crippen LogP contribution < -0.4 is 11.1 Å². The first-order chi connectivity index (χ1) is 7.83. The maximum absolute atomic E-state index is 8.33. The molecule has 4 N–H and O–H groups in total. The fourth-order valence-corrected chi connectivity index (χ4v) is 1.85. The number of nitrogens with zero attached hydrogens (tertiary/aromatic N) is 1. The van der Waals surface area contributed by atoms with Gasteiger partial charge in [0.15, 0.2) is 0 Å². The third kappa shape index (κ3) is 5.92. The van der Waals surface area contributed by atoms with Crippen molar-refractivity contribution >= 4 is 5.84 Å². The Kier molecular flexibility index (Phi) is 6.92. The number of hydrogen-bond acceptors (Lipinski definition) is 4. The second-order valence-corrected chi connectivity index (χ2v) is 4.32. The monoisotopic (exact) mass is 229 g/mol. The normalized spacial score (nSPS) is 21.5. The van der Waals surface area contributed by atoms with Crippen LogP contribution in [0.2, 0.25) is 0 Å². The van der Waals surface area contributed by atoms with Crippen molar-refractivity contribution in [2.45, 2.75) is 32.1 Å². The van der Waals surface area contributed by atoms with Crippen molar-refractivity contribution < 1.29 is 9.94 Å². The van der Waals surface area contributed by atoms with E-state index in [1.165, 1.54) is 12.8 Å². The summed E-state index contributed by atoms with van der Waals surface area (Å²) in [4.78, 5) is 0. The Morgan fingerprint density at radius 3 is 3.00 bits per heavy atom. The molecule has 1 atom stereocenters. The van der Waals surface area contributed by atoms with Gasteiger partial charge in [-0.25, -0.2) is 0 Å². The van der Waals surface area contributed by atoms with E-state index in [1.54, 1.807) is 0 Å². The molecule has 1 aliphatic rings. The summed E-state index contributed by atoms with van der Waals surface area (Å²) < 4.78 is 5.31. The van der Waals surface area contributed by atoms with Crippen molar-refractivity contribution in [3.05, 3.63) is 0 Å². The highest BCUT2D eigenvalue weighted by Crippen LogP contribution is 2.14. The maximum Gasteiger partial charge on any atom is 0.139 e. The van der Waals surface area contributed by atoms with Crippen molar-refractivity contribution in [2.24, 2.45) is 16.8 Å². The molecule has 0 aromatic heterocycles. The Hall–Kier alpha value is -0.810. The quantitative estimate of drug-likeness (QED) is 0.190. The van der Waals surface area contributed by atoms with Gasteiger partial charge in [-0.2, -0.15) is 0 Å². The first-order valence-corrected chi connectivity index (χ1v) is 6.08. The van der Waals surface area contributed by atoms with Crippen LogP contribution in [0.5, 0.6) is 0 Å². The Morgan fingerprint density at radius 1 is 1.44 bits per heavy atom. The van der Waals surface area contributed by atoms with Crippen molar-refractivity contribution in [1.82, 2.24) is 5.32 Å². The van der Waals surface area contributed by atoms with E-state index in [0.717, 1.165) is 45.1 Å². The average Bonchev–Trinajstić information content (AvgIpc) is 2.80. The van der Waals surface area contributed by atoms with Gasteiger partial charge in [0.25, 0.3) is 0 Å². The lowest BCUT2D eigenvalue weighted by Gasteiger charge is -2.08. The molecule has 1 heterocycles. The van der Waals surface area contributed by atoms with Gasteiger partial charge in [-0.05, 0) is 44.7 Å². The van der Waals surface area contributed by atoms with E-state index in [2.05, 4.69) is 10.5 Å². The van der Waals surface area contributed by atoms with Crippen molar-refractivity contribution in [3.63, 3.8) is 0 Å². The van der Waals surface area contributed by atoms with E-state index in [-0.39, 0.29) is 0 Å². The van der Waals surface area contributed by atoms with E-state index >= 15 is 0 Å². The molecule has 0 amide bonds. The molecule has 0 bridgehead atoms. The van der Waals surface area contributed by atoms with Crippen LogP contribution in [0, 0.1) is 5.92 Å². The molecule has 0 aromatic rings. The molecule has 0 aromatic carbocycles. The zero-order valence-electron chi connectivity index (χ0n) is 9.82. The van der Waals surface area contributed by atoms with Gasteiger partial charge in [0.05, 0.1) is 0 Å². The van der Waals surface area contributed by atoms with Crippen molar-refractivity contribution in [3.8, 4) is 0 Å². The summed E-state index contributed by atoms with van der Waals surface area (Å²) >= 11 is 0. The zero-order valence-corrected chi connectivity index (χ0v) is 9.82. The molecular formula is C11H23N3O2. The molecule has 1 unspecified atom stereocenters. The summed E-state index contributed by atoms with van der Waals surface area (Å²) in [5, 5.41) is 14.7. The van der Waals surface area contributed by atoms with E-state index in [9.17, 15) is 0 Å². The number of rotatable bonds is 8. The molecule has 1 aliphatic heterocycles. The van der Waals surface area contributed by atoms with Crippen molar-refractivity contribution in [1.29, 1.82) is 0 Å². The van der Waals surface area contributed by atoms with Gasteiger partial charge in [-0.15, -0.1) is 0 Å². The first-order valence-electron chi connectivity index (χ1n) is 6.08. The molecule has 5 nitrogen and oxygen atoms in total. The average molecular weight is 229 g/mol. The molecule has 5 heteroatoms. The number of nitrogens with one attached hydrogen (secondary N) is 1. The number of unbranched alkanes of at least 4 members (excludes halogenated alkanes) is 1. The molecule has 16 heavy (non-hydrogen) atoms. The van der Waals surface area contributed by atoms with E-state index in [1.807, 2.05) is 0 Å². The molecule has 1 rings (SSSR count). The zero-order chi connectivity index (χ0) is 11.6. The molecule has 0 spiro atoms. The van der Waals surface area contributed by atoms with Crippen LogP contribution in [0.3, 0.4) is 0 Å². The van der Waals surface area contributed by atoms with Gasteiger partial charge < -0.3 is 21.0 Å². The summed E-state index contributed by atoms with van der Waals surface area (Å²) in [6, 6.07) is 0. The topological polar surface area (TPSA) is 79.9 Å². The number of nitrogens with two attached hydrogens (primary N) is 1. The lowest BCUT2D eigenvalue weighted by atomic mass is 10.1. The highest BCUT2D eigenvalue weighted by atomic mass is 16.5. The molecular weight excluding hydrogens is 206 g/mol. The van der Waals surface area contributed by atoms with Crippen LogP contribution in [0.25, 0.3) is 0 Å². The lowest BCUT2D eigenvalue weighted by molar-refractivity contribution is 0.184. The second kappa shape index (κ2) is 8.35. The number of oxime groups is 1. The standard InChI is InChI=1S/C11H23N3O2/c12-11(14-15)3-1-2-6-13-7-4-10-5-8-16-9-10/h10,13,15H,1-9H2,(H2,12,14). The Bertz CT molecular complexity index is 203. The number of hydrogen-bond donors (Lipinski definition) is 3. The molecule has 94 valence electrons. The third-order valence-electron chi connectivity index (χ3n) is 2.92. The third-order valence-corrected chi connectivity index (χ3v) is 2.92. The number of amidine groups is 1. The van der Waals surface area contributed by atoms with Crippen LogP contribution in [-0.2, 0) is 4.74 Å². The largest absolute Gasteiger partial charge is 0.409 e. The van der Waals surface area contributed by atoms with Crippen LogP contribution in [0.15, 0.2) is 5.16 Å². The molecule has 0 saturated carbocycles. The van der Waals surface area contributed by atoms with Crippen LogP contribution >= 0.6 is 0 Å². The number of ether oxygens (including phenoxy) is 1. The van der Waals surface area contributed by atoms with E-state index in [4.69, 9.17) is 15.7 Å². The smallest absolute Gasteiger partial charge is 0.139 e. The van der Waals surface area contributed by atoms with Gasteiger partial charge in [0.2, 0.25) is 0 Å². The van der Waals surface area contributed by atoms with Gasteiger partial charge in [0, 0.05) is 19.6 Å². The Labute approximate surface area is 97.0 Å². The minimum Gasteiger partial charge on any atom is -0.409 e. The highest BCUT2D eigenvalue weighted by Gasteiger charge is 2.14. The lowest BCUT2D eigenvalue weighted by Crippen LogP contribution is -2.20. The summed E-state index contributed by atoms with van der Waals surface area (Å²) in [5.74, 6) is 1.08. The maximum atomic E-state index is 8.33. The second-order valence-electron chi connectivity index (χ2n) is 4.32. The summed E-state index contributed by atoms with van der Waals surface area (Å²) in [6.07, 6.45) is 5.13. The molecule has 1 saturated heterocycles. The van der Waals surface area contributed by atoms with Gasteiger partial charge in [-0.1, -0.05) is 5.16 Å². The summed E-state index contributed by atoms with van der Waals surface area (Å²) in [6.45, 7) is 3.94. The van der Waals surface area contributed by atoms with Crippen molar-refractivity contribution in [2.75, 3.05) is 26.3 Å². The first kappa shape index (κ1) is 13.3. The predicted molar refractivity (Wildman–Crippen MR) is 63.7 cm³/mol. The van der Waals surface area contributed by atoms with Gasteiger partial charge >= 0.3 is 0 Å². The SMILES string of the molecule is NC(CCCCNCCC1CCOC1)=NO. The van der Waals surface area contributed by atoms with Gasteiger partial charge in [-0.3, -0.25) is 0 Å². The minimum atomic E-state index is 0.322. The fourth-order valence-electron chi connectivity index (χ4n) is 1.85. The minimum absolute atomic E-state index is 0.322. The molecule has 1 fully saturated rings. The Morgan fingerprint density at radius 2 is 2.31 bits per heavy atom. The molecule has 0 aliphatic carbocycles. The fraction of sp³-hybridized carbons (Fsp3) is 0.909. The van der Waals surface area contributed by atoms with Crippen LogP contribution in [-0.4, -0.2) is 37.3 Å². The predicted octanol–water partition coefficient (Wildman–Crippen LogP) is 0.919. The highest BCUT2D eigenvalue weighted by molar-refractivity contribution is 5.79. The van der Waals surface area contributed by atoms with E-state index < -0.39 is 0 Å². The van der Waals surface area contributed by atoms with Crippen LogP contribution in [0.4, 0.5) is 0 Å². The summed E-state index contributed by atoms with van der Waals surface area (Å²) in [7, 11) is 0. The summed E-state index contributed by atoms with van der Waals surface area (Å²) in [5.41, 5.74) is 5.36. The van der Waals surface area contributed by atoms with Gasteiger partial charge in [0.1, 0.15) is 5.84 Å². The van der Waals surface area contributed by atoms with E-state index in [0.29, 0.717) is 12.3 Å².